The number of hydrogen-bond acceptors (Lipinski definition) is 5. The molecular formula is C16H24N2O3. The molecule has 0 amide bonds. The highest BCUT2D eigenvalue weighted by molar-refractivity contribution is 5.76. The van der Waals surface area contributed by atoms with Gasteiger partial charge in [0, 0.05) is 26.2 Å². The van der Waals surface area contributed by atoms with Crippen LogP contribution in [0.4, 0.5) is 0 Å². The summed E-state index contributed by atoms with van der Waals surface area (Å²) in [6.07, 6.45) is 0. The fourth-order valence-electron chi connectivity index (χ4n) is 2.78. The van der Waals surface area contributed by atoms with Crippen LogP contribution in [-0.2, 0) is 16.1 Å². The lowest BCUT2D eigenvalue weighted by atomic mass is 10.0. The number of benzene rings is 1. The summed E-state index contributed by atoms with van der Waals surface area (Å²) in [7, 11) is 0. The SMILES string of the molecule is CCOC(=O)C1CNCCN1Cc1cc(C)c(O)c(C)c1. The Morgan fingerprint density at radius 3 is 2.71 bits per heavy atom. The summed E-state index contributed by atoms with van der Waals surface area (Å²) in [5.74, 6) is 0.179. The van der Waals surface area contributed by atoms with E-state index < -0.39 is 0 Å². The standard InChI is InChI=1S/C16H24N2O3/c1-4-21-16(20)14-9-17-5-6-18(14)10-13-7-11(2)15(19)12(3)8-13/h7-8,14,17,19H,4-6,9-10H2,1-3H3. The Kier molecular flexibility index (Phi) is 5.20. The van der Waals surface area contributed by atoms with E-state index in [-0.39, 0.29) is 12.0 Å². The van der Waals surface area contributed by atoms with Crippen LogP contribution in [0.25, 0.3) is 0 Å². The van der Waals surface area contributed by atoms with Crippen LogP contribution in [0.2, 0.25) is 0 Å². The van der Waals surface area contributed by atoms with E-state index in [1.165, 1.54) is 0 Å². The number of rotatable bonds is 4. The summed E-state index contributed by atoms with van der Waals surface area (Å²) in [6.45, 7) is 9.00. The molecule has 0 bridgehead atoms. The molecule has 0 aromatic heterocycles. The highest BCUT2D eigenvalue weighted by Gasteiger charge is 2.29. The first kappa shape index (κ1) is 15.8. The van der Waals surface area contributed by atoms with Gasteiger partial charge in [-0.1, -0.05) is 12.1 Å². The molecule has 5 nitrogen and oxygen atoms in total. The van der Waals surface area contributed by atoms with Crippen molar-refractivity contribution in [3.63, 3.8) is 0 Å². The number of hydrogen-bond donors (Lipinski definition) is 2. The smallest absolute Gasteiger partial charge is 0.324 e. The molecule has 1 fully saturated rings. The Morgan fingerprint density at radius 2 is 2.10 bits per heavy atom. The number of phenolic OH excluding ortho intramolecular Hbond substituents is 1. The maximum atomic E-state index is 12.0. The molecule has 2 rings (SSSR count). The molecule has 1 heterocycles. The summed E-state index contributed by atoms with van der Waals surface area (Å²) in [5, 5.41) is 13.1. The molecule has 5 heteroatoms. The van der Waals surface area contributed by atoms with E-state index in [1.54, 1.807) is 0 Å². The van der Waals surface area contributed by atoms with E-state index >= 15 is 0 Å². The molecule has 1 aliphatic rings. The van der Waals surface area contributed by atoms with Crippen LogP contribution < -0.4 is 5.32 Å². The minimum absolute atomic E-state index is 0.170. The van der Waals surface area contributed by atoms with E-state index in [0.29, 0.717) is 25.4 Å². The van der Waals surface area contributed by atoms with Crippen molar-refractivity contribution in [2.24, 2.45) is 0 Å². The quantitative estimate of drug-likeness (QED) is 0.820. The van der Waals surface area contributed by atoms with Gasteiger partial charge in [0.1, 0.15) is 11.8 Å². The van der Waals surface area contributed by atoms with Gasteiger partial charge in [0.2, 0.25) is 0 Å². The third-order valence-electron chi connectivity index (χ3n) is 3.85. The van der Waals surface area contributed by atoms with E-state index in [0.717, 1.165) is 29.8 Å². The van der Waals surface area contributed by atoms with Gasteiger partial charge < -0.3 is 15.2 Å². The molecule has 1 saturated heterocycles. The molecule has 1 aromatic rings. The Balaban J connectivity index is 2.14. The minimum Gasteiger partial charge on any atom is -0.507 e. The Morgan fingerprint density at radius 1 is 1.43 bits per heavy atom. The van der Waals surface area contributed by atoms with Crippen LogP contribution in [0, 0.1) is 13.8 Å². The van der Waals surface area contributed by atoms with Crippen LogP contribution in [0.1, 0.15) is 23.6 Å². The van der Waals surface area contributed by atoms with Crippen molar-refractivity contribution in [2.75, 3.05) is 26.2 Å². The average Bonchev–Trinajstić information content (AvgIpc) is 2.45. The molecule has 1 aromatic carbocycles. The largest absolute Gasteiger partial charge is 0.507 e. The van der Waals surface area contributed by atoms with Crippen LogP contribution in [0.3, 0.4) is 0 Å². The number of phenols is 1. The van der Waals surface area contributed by atoms with Crippen molar-refractivity contribution in [1.82, 2.24) is 10.2 Å². The maximum absolute atomic E-state index is 12.0. The molecule has 0 saturated carbocycles. The van der Waals surface area contributed by atoms with Gasteiger partial charge >= 0.3 is 5.97 Å². The fourth-order valence-corrected chi connectivity index (χ4v) is 2.78. The Bertz CT molecular complexity index is 493. The number of carbonyl (C=O) groups is 1. The number of nitrogens with one attached hydrogen (secondary N) is 1. The van der Waals surface area contributed by atoms with Gasteiger partial charge in [-0.2, -0.15) is 0 Å². The van der Waals surface area contributed by atoms with E-state index in [9.17, 15) is 9.90 Å². The predicted molar refractivity (Wildman–Crippen MR) is 81.3 cm³/mol. The zero-order chi connectivity index (χ0) is 15.4. The van der Waals surface area contributed by atoms with Crippen molar-refractivity contribution in [3.8, 4) is 5.75 Å². The van der Waals surface area contributed by atoms with Crippen LogP contribution in [0.5, 0.6) is 5.75 Å². The highest BCUT2D eigenvalue weighted by Crippen LogP contribution is 2.24. The molecule has 0 aliphatic carbocycles. The fraction of sp³-hybridized carbons (Fsp3) is 0.562. The van der Waals surface area contributed by atoms with Crippen LogP contribution >= 0.6 is 0 Å². The first-order valence-electron chi connectivity index (χ1n) is 7.43. The molecular weight excluding hydrogens is 268 g/mol. The third kappa shape index (κ3) is 3.74. The van der Waals surface area contributed by atoms with Crippen LogP contribution in [0.15, 0.2) is 12.1 Å². The lowest BCUT2D eigenvalue weighted by Gasteiger charge is -2.34. The van der Waals surface area contributed by atoms with Crippen molar-refractivity contribution in [2.45, 2.75) is 33.4 Å². The van der Waals surface area contributed by atoms with Gasteiger partial charge in [-0.05, 0) is 37.5 Å². The summed E-state index contributed by atoms with van der Waals surface area (Å²) in [6, 6.07) is 3.72. The first-order chi connectivity index (χ1) is 10.0. The molecule has 116 valence electrons. The number of piperazine rings is 1. The number of esters is 1. The third-order valence-corrected chi connectivity index (χ3v) is 3.85. The molecule has 2 N–H and O–H groups in total. The number of aryl methyl sites for hydroxylation is 2. The Hall–Kier alpha value is -1.59. The molecule has 21 heavy (non-hydrogen) atoms. The molecule has 0 radical (unpaired) electrons. The second-order valence-corrected chi connectivity index (χ2v) is 5.52. The van der Waals surface area contributed by atoms with Gasteiger partial charge in [0.15, 0.2) is 0 Å². The second-order valence-electron chi connectivity index (χ2n) is 5.52. The summed E-state index contributed by atoms with van der Waals surface area (Å²) >= 11 is 0. The monoisotopic (exact) mass is 292 g/mol. The first-order valence-corrected chi connectivity index (χ1v) is 7.43. The normalized spacial score (nSPS) is 19.5. The van der Waals surface area contributed by atoms with Crippen molar-refractivity contribution < 1.29 is 14.6 Å². The van der Waals surface area contributed by atoms with Crippen molar-refractivity contribution in [3.05, 3.63) is 28.8 Å². The number of nitrogens with zero attached hydrogens (tertiary/aromatic N) is 1. The lowest BCUT2D eigenvalue weighted by Crippen LogP contribution is -2.54. The molecule has 1 aliphatic heterocycles. The number of carbonyl (C=O) groups excluding carboxylic acids is 1. The Labute approximate surface area is 125 Å². The van der Waals surface area contributed by atoms with E-state index in [1.807, 2.05) is 32.9 Å². The zero-order valence-corrected chi connectivity index (χ0v) is 13.0. The summed E-state index contributed by atoms with van der Waals surface area (Å²) in [4.78, 5) is 14.2. The molecule has 0 spiro atoms. The highest BCUT2D eigenvalue weighted by atomic mass is 16.5. The van der Waals surface area contributed by atoms with Gasteiger partial charge in [-0.25, -0.2) is 0 Å². The van der Waals surface area contributed by atoms with Crippen molar-refractivity contribution >= 4 is 5.97 Å². The van der Waals surface area contributed by atoms with Gasteiger partial charge in [0.25, 0.3) is 0 Å². The minimum atomic E-state index is -0.242. The molecule has 1 atom stereocenters. The lowest BCUT2D eigenvalue weighted by molar-refractivity contribution is -0.150. The van der Waals surface area contributed by atoms with E-state index in [4.69, 9.17) is 4.74 Å². The topological polar surface area (TPSA) is 61.8 Å². The molecule has 1 unspecified atom stereocenters. The predicted octanol–water partition coefficient (Wildman–Crippen LogP) is 1.35. The van der Waals surface area contributed by atoms with Gasteiger partial charge in [-0.15, -0.1) is 0 Å². The maximum Gasteiger partial charge on any atom is 0.324 e. The summed E-state index contributed by atoms with van der Waals surface area (Å²) < 4.78 is 5.16. The van der Waals surface area contributed by atoms with Crippen LogP contribution in [-0.4, -0.2) is 48.3 Å². The van der Waals surface area contributed by atoms with Crippen molar-refractivity contribution in [1.29, 1.82) is 0 Å². The van der Waals surface area contributed by atoms with Gasteiger partial charge in [-0.3, -0.25) is 9.69 Å². The average molecular weight is 292 g/mol. The second kappa shape index (κ2) is 6.91. The van der Waals surface area contributed by atoms with E-state index in [2.05, 4.69) is 10.2 Å². The number of ether oxygens (including phenoxy) is 1. The van der Waals surface area contributed by atoms with Gasteiger partial charge in [0.05, 0.1) is 6.61 Å². The summed E-state index contributed by atoms with van der Waals surface area (Å²) in [5.41, 5.74) is 2.85. The zero-order valence-electron chi connectivity index (χ0n) is 13.0. The number of aromatic hydroxyl groups is 1.